The molecule has 1 rings (SSSR count). The van der Waals surface area contributed by atoms with Gasteiger partial charge in [-0.15, -0.1) is 0 Å². The van der Waals surface area contributed by atoms with E-state index in [1.165, 1.54) is 0 Å². The molecule has 0 bridgehead atoms. The summed E-state index contributed by atoms with van der Waals surface area (Å²) >= 11 is 0. The quantitative estimate of drug-likeness (QED) is 0.449. The Balaban J connectivity index is 2.47. The summed E-state index contributed by atoms with van der Waals surface area (Å²) in [5.74, 6) is -0.197. The summed E-state index contributed by atoms with van der Waals surface area (Å²) in [6, 6.07) is 4.02. The zero-order valence-corrected chi connectivity index (χ0v) is 13.3. The molecule has 0 aromatic heterocycles. The minimum absolute atomic E-state index is 0.155. The number of amides is 1. The number of halogens is 3. The molecule has 0 aliphatic carbocycles. The molecule has 23 heavy (non-hydrogen) atoms. The Labute approximate surface area is 133 Å². The second-order valence-electron chi connectivity index (χ2n) is 5.97. The molecule has 1 aromatic rings. The average molecular weight is 330 g/mol. The van der Waals surface area contributed by atoms with Gasteiger partial charge in [0.05, 0.1) is 12.1 Å². The fourth-order valence-corrected chi connectivity index (χ4v) is 1.68. The lowest BCUT2D eigenvalue weighted by Gasteiger charge is -2.20. The number of benzene rings is 1. The van der Waals surface area contributed by atoms with E-state index >= 15 is 0 Å². The Morgan fingerprint density at radius 1 is 1.17 bits per heavy atom. The van der Waals surface area contributed by atoms with Crippen LogP contribution in [0.4, 0.5) is 13.2 Å². The van der Waals surface area contributed by atoms with Crippen LogP contribution < -0.4 is 16.4 Å². The molecule has 0 radical (unpaired) electrons. The van der Waals surface area contributed by atoms with Crippen LogP contribution in [0, 0.1) is 0 Å². The highest BCUT2D eigenvalue weighted by atomic mass is 19.4. The molecule has 0 atom stereocenters. The molecule has 1 aromatic carbocycles. The summed E-state index contributed by atoms with van der Waals surface area (Å²) in [5.41, 5.74) is 4.82. The van der Waals surface area contributed by atoms with Crippen molar-refractivity contribution in [2.45, 2.75) is 32.5 Å². The topological polar surface area (TPSA) is 79.5 Å². The van der Waals surface area contributed by atoms with Crippen molar-refractivity contribution < 1.29 is 18.0 Å². The van der Waals surface area contributed by atoms with Crippen molar-refractivity contribution in [3.8, 4) is 0 Å². The summed E-state index contributed by atoms with van der Waals surface area (Å²) in [4.78, 5) is 15.8. The third-order valence-corrected chi connectivity index (χ3v) is 2.66. The zero-order valence-electron chi connectivity index (χ0n) is 13.3. The molecule has 0 heterocycles. The van der Waals surface area contributed by atoms with Gasteiger partial charge in [-0.25, -0.2) is 0 Å². The fraction of sp³-hybridized carbons (Fsp3) is 0.467. The monoisotopic (exact) mass is 330 g/mol. The van der Waals surface area contributed by atoms with Crippen molar-refractivity contribution in [3.63, 3.8) is 0 Å². The van der Waals surface area contributed by atoms with E-state index in [0.29, 0.717) is 0 Å². The predicted octanol–water partition coefficient (Wildman–Crippen LogP) is 2.14. The van der Waals surface area contributed by atoms with Gasteiger partial charge in [-0.2, -0.15) is 13.2 Å². The van der Waals surface area contributed by atoms with Crippen LogP contribution in [0.15, 0.2) is 29.3 Å². The van der Waals surface area contributed by atoms with E-state index in [1.807, 2.05) is 20.8 Å². The Bertz CT molecular complexity index is 560. The summed E-state index contributed by atoms with van der Waals surface area (Å²) < 4.78 is 37.3. The maximum Gasteiger partial charge on any atom is 0.416 e. The molecule has 0 aliphatic rings. The number of guanidine groups is 1. The molecule has 1 amide bonds. The van der Waals surface area contributed by atoms with Crippen molar-refractivity contribution in [2.24, 2.45) is 10.7 Å². The van der Waals surface area contributed by atoms with Crippen molar-refractivity contribution in [2.75, 3.05) is 13.1 Å². The third-order valence-electron chi connectivity index (χ3n) is 2.66. The summed E-state index contributed by atoms with van der Waals surface area (Å²) in [6.07, 6.45) is -4.42. The lowest BCUT2D eigenvalue weighted by Crippen LogP contribution is -2.45. The van der Waals surface area contributed by atoms with E-state index in [2.05, 4.69) is 15.6 Å². The SMILES string of the molecule is CC(C)(C)NC(N)=NCCNC(=O)c1ccc(C(F)(F)F)cc1. The number of hydrogen-bond donors (Lipinski definition) is 3. The third kappa shape index (κ3) is 7.03. The van der Waals surface area contributed by atoms with Crippen LogP contribution in [-0.2, 0) is 6.18 Å². The lowest BCUT2D eigenvalue weighted by molar-refractivity contribution is -0.137. The minimum atomic E-state index is -4.42. The molecular weight excluding hydrogens is 309 g/mol. The number of nitrogens with two attached hydrogens (primary N) is 1. The number of aliphatic imine (C=N–C) groups is 1. The van der Waals surface area contributed by atoms with Gasteiger partial charge in [-0.05, 0) is 45.0 Å². The number of hydrogen-bond acceptors (Lipinski definition) is 2. The van der Waals surface area contributed by atoms with Gasteiger partial charge in [-0.1, -0.05) is 0 Å². The molecule has 0 saturated carbocycles. The predicted molar refractivity (Wildman–Crippen MR) is 83.2 cm³/mol. The maximum absolute atomic E-state index is 12.4. The van der Waals surface area contributed by atoms with Crippen LogP contribution in [-0.4, -0.2) is 30.5 Å². The second kappa shape index (κ2) is 7.34. The van der Waals surface area contributed by atoms with Gasteiger partial charge in [0, 0.05) is 17.6 Å². The molecule has 5 nitrogen and oxygen atoms in total. The molecular formula is C15H21F3N4O. The van der Waals surface area contributed by atoms with E-state index in [9.17, 15) is 18.0 Å². The minimum Gasteiger partial charge on any atom is -0.370 e. The smallest absolute Gasteiger partial charge is 0.370 e. The first-order valence-corrected chi connectivity index (χ1v) is 7.02. The van der Waals surface area contributed by atoms with Gasteiger partial charge < -0.3 is 16.4 Å². The van der Waals surface area contributed by atoms with Crippen LogP contribution in [0.2, 0.25) is 0 Å². The van der Waals surface area contributed by atoms with E-state index in [4.69, 9.17) is 5.73 Å². The van der Waals surface area contributed by atoms with Crippen LogP contribution in [0.25, 0.3) is 0 Å². The van der Waals surface area contributed by atoms with Gasteiger partial charge in [0.1, 0.15) is 0 Å². The Hall–Kier alpha value is -2.25. The fourth-order valence-electron chi connectivity index (χ4n) is 1.68. The standard InChI is InChI=1S/C15H21F3N4O/c1-14(2,3)22-13(19)21-9-8-20-12(23)10-4-6-11(7-5-10)15(16,17)18/h4-7H,8-9H2,1-3H3,(H,20,23)(H3,19,21,22). The lowest BCUT2D eigenvalue weighted by atomic mass is 10.1. The molecule has 0 saturated heterocycles. The van der Waals surface area contributed by atoms with Gasteiger partial charge >= 0.3 is 6.18 Å². The molecule has 4 N–H and O–H groups in total. The highest BCUT2D eigenvalue weighted by Crippen LogP contribution is 2.28. The molecule has 128 valence electrons. The van der Waals surface area contributed by atoms with Crippen molar-refractivity contribution in [1.82, 2.24) is 10.6 Å². The van der Waals surface area contributed by atoms with Gasteiger partial charge in [-0.3, -0.25) is 9.79 Å². The molecule has 0 unspecified atom stereocenters. The summed E-state index contributed by atoms with van der Waals surface area (Å²) in [5, 5.41) is 5.53. The number of rotatable bonds is 4. The number of nitrogens with one attached hydrogen (secondary N) is 2. The molecule has 0 spiro atoms. The number of alkyl halides is 3. The van der Waals surface area contributed by atoms with Crippen LogP contribution in [0.3, 0.4) is 0 Å². The first-order valence-electron chi connectivity index (χ1n) is 7.02. The molecule has 0 fully saturated rings. The highest BCUT2D eigenvalue weighted by molar-refractivity contribution is 5.94. The van der Waals surface area contributed by atoms with Gasteiger partial charge in [0.15, 0.2) is 5.96 Å². The van der Waals surface area contributed by atoms with Gasteiger partial charge in [0.2, 0.25) is 0 Å². The summed E-state index contributed by atoms with van der Waals surface area (Å²) in [7, 11) is 0. The van der Waals surface area contributed by atoms with E-state index in [-0.39, 0.29) is 30.2 Å². The van der Waals surface area contributed by atoms with Crippen LogP contribution >= 0.6 is 0 Å². The van der Waals surface area contributed by atoms with E-state index in [0.717, 1.165) is 24.3 Å². The van der Waals surface area contributed by atoms with Crippen LogP contribution in [0.1, 0.15) is 36.7 Å². The Kier molecular flexibility index (Phi) is 6.00. The van der Waals surface area contributed by atoms with E-state index < -0.39 is 17.6 Å². The zero-order chi connectivity index (χ0) is 17.7. The Morgan fingerprint density at radius 2 is 1.74 bits per heavy atom. The van der Waals surface area contributed by atoms with Gasteiger partial charge in [0.25, 0.3) is 5.91 Å². The van der Waals surface area contributed by atoms with E-state index in [1.54, 1.807) is 0 Å². The first-order chi connectivity index (χ1) is 10.5. The summed E-state index contributed by atoms with van der Waals surface area (Å²) in [6.45, 7) is 6.29. The highest BCUT2D eigenvalue weighted by Gasteiger charge is 2.30. The normalized spacial score (nSPS) is 12.9. The Morgan fingerprint density at radius 3 is 2.22 bits per heavy atom. The maximum atomic E-state index is 12.4. The average Bonchev–Trinajstić information content (AvgIpc) is 2.40. The number of carbonyl (C=O) groups is 1. The van der Waals surface area contributed by atoms with Crippen LogP contribution in [0.5, 0.6) is 0 Å². The molecule has 8 heteroatoms. The largest absolute Gasteiger partial charge is 0.416 e. The molecule has 0 aliphatic heterocycles. The first kappa shape index (κ1) is 18.8. The number of carbonyl (C=O) groups excluding carboxylic acids is 1. The second-order valence-corrected chi connectivity index (χ2v) is 5.97. The van der Waals surface area contributed by atoms with Crippen molar-refractivity contribution in [3.05, 3.63) is 35.4 Å². The van der Waals surface area contributed by atoms with Crippen molar-refractivity contribution in [1.29, 1.82) is 0 Å². The number of nitrogens with zero attached hydrogens (tertiary/aromatic N) is 1. The van der Waals surface area contributed by atoms with Crippen molar-refractivity contribution >= 4 is 11.9 Å².